The van der Waals surface area contributed by atoms with Crippen molar-refractivity contribution in [2.45, 2.75) is 19.5 Å². The number of aryl methyl sites for hydroxylation is 1. The van der Waals surface area contributed by atoms with E-state index in [0.717, 1.165) is 11.1 Å². The molecule has 0 radical (unpaired) electrons. The summed E-state index contributed by atoms with van der Waals surface area (Å²) in [6.07, 6.45) is 0. The quantitative estimate of drug-likeness (QED) is 0.698. The average molecular weight is 356 g/mol. The molecule has 0 aliphatic heterocycles. The molecule has 0 aliphatic carbocycles. The monoisotopic (exact) mass is 355 g/mol. The van der Waals surface area contributed by atoms with Crippen molar-refractivity contribution in [1.82, 2.24) is 10.5 Å². The summed E-state index contributed by atoms with van der Waals surface area (Å²) < 4.78 is 4.99. The van der Waals surface area contributed by atoms with Crippen LogP contribution in [0, 0.1) is 6.92 Å². The Morgan fingerprint density at radius 3 is 2.56 bits per heavy atom. The van der Waals surface area contributed by atoms with E-state index in [-0.39, 0.29) is 5.91 Å². The van der Waals surface area contributed by atoms with Gasteiger partial charge in [0.2, 0.25) is 5.91 Å². The van der Waals surface area contributed by atoms with E-state index in [1.54, 1.807) is 13.0 Å². The van der Waals surface area contributed by atoms with Crippen molar-refractivity contribution in [3.63, 3.8) is 0 Å². The Morgan fingerprint density at radius 1 is 1.16 bits per heavy atom. The van der Waals surface area contributed by atoms with Crippen molar-refractivity contribution < 1.29 is 9.32 Å². The minimum absolute atomic E-state index is 0.216. The number of nitrogens with zero attached hydrogens (tertiary/aromatic N) is 1. The molecule has 3 rings (SSSR count). The average Bonchev–Trinajstić information content (AvgIpc) is 3.02. The van der Waals surface area contributed by atoms with E-state index >= 15 is 0 Å². The predicted molar refractivity (Wildman–Crippen MR) is 97.3 cm³/mol. The normalized spacial score (nSPS) is 11.9. The van der Waals surface area contributed by atoms with Gasteiger partial charge in [0.25, 0.3) is 0 Å². The number of benzene rings is 2. The van der Waals surface area contributed by atoms with Gasteiger partial charge in [-0.25, -0.2) is 0 Å². The van der Waals surface area contributed by atoms with Gasteiger partial charge in [-0.15, -0.1) is 0 Å². The van der Waals surface area contributed by atoms with Gasteiger partial charge in [-0.1, -0.05) is 65.3 Å². The first-order chi connectivity index (χ1) is 12.1. The number of rotatable bonds is 6. The van der Waals surface area contributed by atoms with Crippen molar-refractivity contribution in [3.05, 3.63) is 82.6 Å². The Morgan fingerprint density at radius 2 is 1.88 bits per heavy atom. The first-order valence-electron chi connectivity index (χ1n) is 7.89. The Balaban J connectivity index is 1.77. The molecule has 1 unspecified atom stereocenters. The number of halogens is 1. The van der Waals surface area contributed by atoms with Gasteiger partial charge in [-0.05, 0) is 24.1 Å². The van der Waals surface area contributed by atoms with Crippen LogP contribution in [-0.2, 0) is 11.3 Å². The lowest BCUT2D eigenvalue weighted by atomic mass is 10.1. The van der Waals surface area contributed by atoms with E-state index < -0.39 is 6.04 Å². The van der Waals surface area contributed by atoms with Crippen molar-refractivity contribution in [3.8, 4) is 0 Å². The lowest BCUT2D eigenvalue weighted by Crippen LogP contribution is -2.32. The van der Waals surface area contributed by atoms with Crippen molar-refractivity contribution >= 4 is 23.3 Å². The van der Waals surface area contributed by atoms with Crippen LogP contribution in [0.2, 0.25) is 5.02 Å². The lowest BCUT2D eigenvalue weighted by Gasteiger charge is -2.18. The highest BCUT2D eigenvalue weighted by atomic mass is 35.5. The highest BCUT2D eigenvalue weighted by molar-refractivity contribution is 6.31. The molecule has 2 aromatic carbocycles. The second kappa shape index (κ2) is 7.96. The van der Waals surface area contributed by atoms with E-state index in [4.69, 9.17) is 16.1 Å². The summed E-state index contributed by atoms with van der Waals surface area (Å²) in [5.74, 6) is 0.810. The van der Waals surface area contributed by atoms with Crippen LogP contribution >= 0.6 is 11.6 Å². The van der Waals surface area contributed by atoms with Crippen LogP contribution in [-0.4, -0.2) is 11.1 Å². The molecule has 1 amide bonds. The molecule has 0 bridgehead atoms. The van der Waals surface area contributed by atoms with Crippen LogP contribution in [0.1, 0.15) is 22.9 Å². The van der Waals surface area contributed by atoms with Gasteiger partial charge in [0.05, 0.1) is 0 Å². The summed E-state index contributed by atoms with van der Waals surface area (Å²) in [6.45, 7) is 2.23. The summed E-state index contributed by atoms with van der Waals surface area (Å²) in [6, 6.07) is 18.2. The molecule has 128 valence electrons. The minimum atomic E-state index is -0.547. The van der Waals surface area contributed by atoms with Gasteiger partial charge >= 0.3 is 0 Å². The van der Waals surface area contributed by atoms with E-state index in [0.29, 0.717) is 23.1 Å². The second-order valence-corrected chi connectivity index (χ2v) is 6.04. The molecule has 2 N–H and O–H groups in total. The first kappa shape index (κ1) is 17.2. The zero-order valence-corrected chi connectivity index (χ0v) is 14.5. The number of anilines is 1. The summed E-state index contributed by atoms with van der Waals surface area (Å²) in [5, 5.41) is 10.5. The summed E-state index contributed by atoms with van der Waals surface area (Å²) in [7, 11) is 0. The second-order valence-electron chi connectivity index (χ2n) is 5.63. The van der Waals surface area contributed by atoms with Crippen molar-refractivity contribution in [2.24, 2.45) is 0 Å². The summed E-state index contributed by atoms with van der Waals surface area (Å²) >= 11 is 6.20. The minimum Gasteiger partial charge on any atom is -0.360 e. The number of nitrogens with one attached hydrogen (secondary N) is 2. The number of hydrogen-bond donors (Lipinski definition) is 2. The molecule has 1 heterocycles. The number of aromatic nitrogens is 1. The number of carbonyl (C=O) groups excluding carboxylic acids is 1. The summed E-state index contributed by atoms with van der Waals surface area (Å²) in [5.41, 5.74) is 1.78. The van der Waals surface area contributed by atoms with Gasteiger partial charge < -0.3 is 9.84 Å². The van der Waals surface area contributed by atoms with Gasteiger partial charge in [-0.3, -0.25) is 10.1 Å². The Hall–Kier alpha value is -2.63. The van der Waals surface area contributed by atoms with E-state index in [9.17, 15) is 4.79 Å². The van der Waals surface area contributed by atoms with Crippen molar-refractivity contribution in [1.29, 1.82) is 0 Å². The fourth-order valence-corrected chi connectivity index (χ4v) is 2.69. The molecule has 5 nitrogen and oxygen atoms in total. The zero-order valence-electron chi connectivity index (χ0n) is 13.7. The van der Waals surface area contributed by atoms with E-state index in [1.165, 1.54) is 0 Å². The Labute approximate surface area is 151 Å². The van der Waals surface area contributed by atoms with Crippen LogP contribution in [0.3, 0.4) is 0 Å². The lowest BCUT2D eigenvalue weighted by molar-refractivity contribution is -0.118. The Bertz CT molecular complexity index is 849. The standard InChI is InChI=1S/C19H18ClN3O2/c1-13-11-17(23-25-13)22-19(24)18(14-7-3-2-4-8-14)21-12-15-9-5-6-10-16(15)20/h2-11,18,21H,12H2,1H3,(H,22,23,24). The maximum Gasteiger partial charge on any atom is 0.247 e. The van der Waals surface area contributed by atoms with Crippen LogP contribution in [0.4, 0.5) is 5.82 Å². The smallest absolute Gasteiger partial charge is 0.247 e. The van der Waals surface area contributed by atoms with Crippen molar-refractivity contribution in [2.75, 3.05) is 5.32 Å². The van der Waals surface area contributed by atoms with E-state index in [1.807, 2.05) is 54.6 Å². The molecule has 0 spiro atoms. The third kappa shape index (κ3) is 4.47. The maximum atomic E-state index is 12.7. The number of hydrogen-bond acceptors (Lipinski definition) is 4. The Kier molecular flexibility index (Phi) is 5.48. The molecule has 6 heteroatoms. The van der Waals surface area contributed by atoms with Gasteiger partial charge in [0.15, 0.2) is 5.82 Å². The number of carbonyl (C=O) groups is 1. The fraction of sp³-hybridized carbons (Fsp3) is 0.158. The third-order valence-corrected chi connectivity index (χ3v) is 4.10. The highest BCUT2D eigenvalue weighted by Gasteiger charge is 2.21. The molecular formula is C19H18ClN3O2. The molecule has 3 aromatic rings. The molecule has 1 aromatic heterocycles. The fourth-order valence-electron chi connectivity index (χ4n) is 2.48. The molecule has 25 heavy (non-hydrogen) atoms. The molecular weight excluding hydrogens is 338 g/mol. The van der Waals surface area contributed by atoms with Gasteiger partial charge in [0.1, 0.15) is 11.8 Å². The zero-order chi connectivity index (χ0) is 17.6. The first-order valence-corrected chi connectivity index (χ1v) is 8.27. The SMILES string of the molecule is Cc1cc(NC(=O)C(NCc2ccccc2Cl)c2ccccc2)no1. The van der Waals surface area contributed by atoms with Crippen LogP contribution in [0.25, 0.3) is 0 Å². The summed E-state index contributed by atoms with van der Waals surface area (Å²) in [4.78, 5) is 12.7. The maximum absolute atomic E-state index is 12.7. The van der Waals surface area contributed by atoms with Gasteiger partial charge in [0, 0.05) is 17.6 Å². The predicted octanol–water partition coefficient (Wildman–Crippen LogP) is 4.11. The molecule has 0 saturated carbocycles. The number of amides is 1. The van der Waals surface area contributed by atoms with Crippen LogP contribution in [0.15, 0.2) is 65.2 Å². The molecule has 0 aliphatic rings. The molecule has 0 saturated heterocycles. The highest BCUT2D eigenvalue weighted by Crippen LogP contribution is 2.19. The largest absolute Gasteiger partial charge is 0.360 e. The van der Waals surface area contributed by atoms with Crippen LogP contribution < -0.4 is 10.6 Å². The van der Waals surface area contributed by atoms with E-state index in [2.05, 4.69) is 15.8 Å². The van der Waals surface area contributed by atoms with Gasteiger partial charge in [-0.2, -0.15) is 0 Å². The van der Waals surface area contributed by atoms with Crippen LogP contribution in [0.5, 0.6) is 0 Å². The molecule has 0 fully saturated rings. The topological polar surface area (TPSA) is 67.2 Å². The molecule has 1 atom stereocenters. The third-order valence-electron chi connectivity index (χ3n) is 3.73.